The van der Waals surface area contributed by atoms with Crippen molar-refractivity contribution in [3.05, 3.63) is 57.5 Å². The van der Waals surface area contributed by atoms with Gasteiger partial charge in [-0.2, -0.15) is 0 Å². The van der Waals surface area contributed by atoms with Crippen molar-refractivity contribution in [2.24, 2.45) is 0 Å². The average Bonchev–Trinajstić information content (AvgIpc) is 2.35. The molecule has 0 aromatic heterocycles. The molecule has 0 bridgehead atoms. The van der Waals surface area contributed by atoms with Gasteiger partial charge in [-0.1, -0.05) is 29.8 Å². The lowest BCUT2D eigenvalue weighted by Crippen LogP contribution is -2.14. The molecule has 3 nitrogen and oxygen atoms in total. The van der Waals surface area contributed by atoms with E-state index in [-0.39, 0.29) is 4.90 Å². The Morgan fingerprint density at radius 2 is 1.79 bits per heavy atom. The third kappa shape index (κ3) is 3.11. The fraction of sp³-hybridized carbons (Fsp3) is 0.0769. The predicted octanol–water partition coefficient (Wildman–Crippen LogP) is 4.21. The molecule has 0 radical (unpaired) electrons. The van der Waals surface area contributed by atoms with Crippen LogP contribution in [0.15, 0.2) is 51.8 Å². The van der Waals surface area contributed by atoms with Crippen LogP contribution in [0.1, 0.15) is 5.56 Å². The van der Waals surface area contributed by atoms with Gasteiger partial charge in [0, 0.05) is 9.50 Å². The Hall–Kier alpha value is -1.04. The van der Waals surface area contributed by atoms with Crippen molar-refractivity contribution in [2.75, 3.05) is 4.72 Å². The van der Waals surface area contributed by atoms with Crippen molar-refractivity contribution >= 4 is 43.2 Å². The van der Waals surface area contributed by atoms with Gasteiger partial charge in [0.05, 0.1) is 5.69 Å². The van der Waals surface area contributed by atoms with Crippen LogP contribution in [0.5, 0.6) is 0 Å². The summed E-state index contributed by atoms with van der Waals surface area (Å²) in [4.78, 5) is 0.189. The van der Waals surface area contributed by atoms with E-state index in [0.29, 0.717) is 20.7 Å². The second-order valence-electron chi connectivity index (χ2n) is 3.95. The second kappa shape index (κ2) is 5.53. The highest BCUT2D eigenvalue weighted by Crippen LogP contribution is 2.27. The molecule has 0 heterocycles. The monoisotopic (exact) mass is 359 g/mol. The molecule has 1 N–H and O–H groups in total. The van der Waals surface area contributed by atoms with Crippen molar-refractivity contribution in [3.8, 4) is 0 Å². The van der Waals surface area contributed by atoms with Gasteiger partial charge >= 0.3 is 0 Å². The molecule has 0 atom stereocenters. The highest BCUT2D eigenvalue weighted by molar-refractivity contribution is 9.10. The number of anilines is 1. The standard InChI is InChI=1S/C13H11BrClNO2S/c1-9-11(15)6-4-7-12(9)16-19(17,18)13-8-3-2-5-10(13)14/h2-8,16H,1H3. The summed E-state index contributed by atoms with van der Waals surface area (Å²) in [6.45, 7) is 1.76. The van der Waals surface area contributed by atoms with Gasteiger partial charge < -0.3 is 0 Å². The second-order valence-corrected chi connectivity index (χ2v) is 6.86. The average molecular weight is 361 g/mol. The molecule has 2 aromatic rings. The summed E-state index contributed by atoms with van der Waals surface area (Å²) < 4.78 is 27.7. The lowest BCUT2D eigenvalue weighted by molar-refractivity contribution is 0.600. The third-order valence-electron chi connectivity index (χ3n) is 2.64. The largest absolute Gasteiger partial charge is 0.279 e. The van der Waals surface area contributed by atoms with Crippen LogP contribution in [0.25, 0.3) is 0 Å². The number of nitrogens with one attached hydrogen (secondary N) is 1. The van der Waals surface area contributed by atoms with E-state index < -0.39 is 10.0 Å². The van der Waals surface area contributed by atoms with Crippen LogP contribution in [-0.2, 0) is 10.0 Å². The van der Waals surface area contributed by atoms with E-state index in [1.807, 2.05) is 0 Å². The van der Waals surface area contributed by atoms with Crippen LogP contribution in [0.3, 0.4) is 0 Å². The maximum atomic E-state index is 12.3. The summed E-state index contributed by atoms with van der Waals surface area (Å²) in [7, 11) is -3.64. The number of hydrogen-bond acceptors (Lipinski definition) is 2. The molecule has 0 saturated carbocycles. The molecule has 2 rings (SSSR count). The number of halogens is 2. The third-order valence-corrected chi connectivity index (χ3v) is 5.43. The zero-order valence-corrected chi connectivity index (χ0v) is 13.2. The van der Waals surface area contributed by atoms with Gasteiger partial charge in [-0.05, 0) is 52.7 Å². The Bertz CT molecular complexity index is 716. The minimum atomic E-state index is -3.64. The van der Waals surface area contributed by atoms with Crippen LogP contribution >= 0.6 is 27.5 Å². The summed E-state index contributed by atoms with van der Waals surface area (Å²) in [5, 5.41) is 0.521. The molecule has 2 aromatic carbocycles. The van der Waals surface area contributed by atoms with Crippen molar-refractivity contribution in [2.45, 2.75) is 11.8 Å². The number of benzene rings is 2. The number of rotatable bonds is 3. The molecule has 0 aliphatic heterocycles. The number of hydrogen-bond donors (Lipinski definition) is 1. The Morgan fingerprint density at radius 1 is 1.11 bits per heavy atom. The summed E-state index contributed by atoms with van der Waals surface area (Å²) >= 11 is 9.21. The van der Waals surface area contributed by atoms with Crippen molar-refractivity contribution in [1.82, 2.24) is 0 Å². The molecule has 0 amide bonds. The molecule has 6 heteroatoms. The normalized spacial score (nSPS) is 11.3. The summed E-state index contributed by atoms with van der Waals surface area (Å²) in [6, 6.07) is 11.7. The van der Waals surface area contributed by atoms with E-state index >= 15 is 0 Å². The Labute approximate surface area is 125 Å². The van der Waals surface area contributed by atoms with Crippen LogP contribution in [0, 0.1) is 6.92 Å². The first-order valence-corrected chi connectivity index (χ1v) is 8.10. The van der Waals surface area contributed by atoms with Gasteiger partial charge in [0.25, 0.3) is 10.0 Å². The molecule has 0 aliphatic rings. The lowest BCUT2D eigenvalue weighted by Gasteiger charge is -2.12. The Morgan fingerprint density at radius 3 is 2.47 bits per heavy atom. The van der Waals surface area contributed by atoms with Crippen molar-refractivity contribution in [3.63, 3.8) is 0 Å². The molecular formula is C13H11BrClNO2S. The van der Waals surface area contributed by atoms with E-state index in [1.165, 1.54) is 6.07 Å². The molecule has 19 heavy (non-hydrogen) atoms. The van der Waals surface area contributed by atoms with Crippen molar-refractivity contribution < 1.29 is 8.42 Å². The minimum Gasteiger partial charge on any atom is -0.279 e. The van der Waals surface area contributed by atoms with E-state index in [1.54, 1.807) is 43.3 Å². The van der Waals surface area contributed by atoms with Gasteiger partial charge in [-0.25, -0.2) is 8.42 Å². The lowest BCUT2D eigenvalue weighted by atomic mass is 10.2. The molecule has 0 unspecified atom stereocenters. The molecule has 0 fully saturated rings. The summed E-state index contributed by atoms with van der Waals surface area (Å²) in [5.41, 5.74) is 1.17. The van der Waals surface area contributed by atoms with Crippen molar-refractivity contribution in [1.29, 1.82) is 0 Å². The van der Waals surface area contributed by atoms with Crippen LogP contribution in [-0.4, -0.2) is 8.42 Å². The number of sulfonamides is 1. The summed E-state index contributed by atoms with van der Waals surface area (Å²) in [6.07, 6.45) is 0. The quantitative estimate of drug-likeness (QED) is 0.891. The Kier molecular flexibility index (Phi) is 4.18. The maximum Gasteiger partial charge on any atom is 0.263 e. The van der Waals surface area contributed by atoms with Gasteiger partial charge in [0.1, 0.15) is 4.90 Å². The first-order chi connectivity index (χ1) is 8.92. The molecule has 0 saturated heterocycles. The zero-order valence-electron chi connectivity index (χ0n) is 10.0. The van der Waals surface area contributed by atoms with E-state index in [4.69, 9.17) is 11.6 Å². The fourth-order valence-corrected chi connectivity index (χ4v) is 3.88. The zero-order chi connectivity index (χ0) is 14.0. The van der Waals surface area contributed by atoms with Crippen LogP contribution < -0.4 is 4.72 Å². The Balaban J connectivity index is 2.43. The first kappa shape index (κ1) is 14.4. The fourth-order valence-electron chi connectivity index (χ4n) is 1.58. The molecule has 0 aliphatic carbocycles. The minimum absolute atomic E-state index is 0.189. The molecule has 0 spiro atoms. The van der Waals surface area contributed by atoms with Crippen LogP contribution in [0.2, 0.25) is 5.02 Å². The van der Waals surface area contributed by atoms with Gasteiger partial charge in [0.2, 0.25) is 0 Å². The van der Waals surface area contributed by atoms with Gasteiger partial charge in [-0.15, -0.1) is 0 Å². The molecule has 100 valence electrons. The smallest absolute Gasteiger partial charge is 0.263 e. The van der Waals surface area contributed by atoms with Gasteiger partial charge in [0.15, 0.2) is 0 Å². The van der Waals surface area contributed by atoms with E-state index in [9.17, 15) is 8.42 Å². The predicted molar refractivity (Wildman–Crippen MR) is 81.1 cm³/mol. The summed E-state index contributed by atoms with van der Waals surface area (Å²) in [5.74, 6) is 0. The topological polar surface area (TPSA) is 46.2 Å². The highest BCUT2D eigenvalue weighted by Gasteiger charge is 2.18. The van der Waals surface area contributed by atoms with E-state index in [0.717, 1.165) is 0 Å². The highest BCUT2D eigenvalue weighted by atomic mass is 79.9. The van der Waals surface area contributed by atoms with E-state index in [2.05, 4.69) is 20.7 Å². The maximum absolute atomic E-state index is 12.3. The van der Waals surface area contributed by atoms with Gasteiger partial charge in [-0.3, -0.25) is 4.72 Å². The first-order valence-electron chi connectivity index (χ1n) is 5.44. The SMILES string of the molecule is Cc1c(Cl)cccc1NS(=O)(=O)c1ccccc1Br. The van der Waals surface area contributed by atoms with Crippen LogP contribution in [0.4, 0.5) is 5.69 Å². The molecular weight excluding hydrogens is 350 g/mol.